The highest BCUT2D eigenvalue weighted by Crippen LogP contribution is 2.35. The Hall–Kier alpha value is -1.60. The van der Waals surface area contributed by atoms with Gasteiger partial charge in [-0.2, -0.15) is 0 Å². The van der Waals surface area contributed by atoms with Crippen molar-refractivity contribution in [3.05, 3.63) is 69.8 Å². The Kier molecular flexibility index (Phi) is 3.54. The standard InChI is InChI=1S/C21H25N/c1-14-7-9-16(10-8-14)21-20-13-18-6-4-3-5-17(18)12-19(20)11-15(2)22-21/h7-10,12-13,15,21-22H,3-6,11H2,1-2H3. The molecule has 2 unspecified atom stereocenters. The van der Waals surface area contributed by atoms with E-state index in [0.717, 1.165) is 6.42 Å². The van der Waals surface area contributed by atoms with Crippen LogP contribution in [0, 0.1) is 6.92 Å². The van der Waals surface area contributed by atoms with E-state index < -0.39 is 0 Å². The molecule has 1 nitrogen and oxygen atoms in total. The maximum atomic E-state index is 3.82. The molecule has 0 amide bonds. The van der Waals surface area contributed by atoms with Gasteiger partial charge in [-0.25, -0.2) is 0 Å². The zero-order valence-electron chi connectivity index (χ0n) is 13.7. The van der Waals surface area contributed by atoms with E-state index in [1.807, 2.05) is 0 Å². The van der Waals surface area contributed by atoms with Crippen LogP contribution in [-0.4, -0.2) is 6.04 Å². The summed E-state index contributed by atoms with van der Waals surface area (Å²) in [7, 11) is 0. The van der Waals surface area contributed by atoms with Crippen molar-refractivity contribution in [2.75, 3.05) is 0 Å². The first kappa shape index (κ1) is 14.0. The van der Waals surface area contributed by atoms with Crippen molar-refractivity contribution in [1.29, 1.82) is 0 Å². The summed E-state index contributed by atoms with van der Waals surface area (Å²) in [6, 6.07) is 15.0. The number of benzene rings is 2. The van der Waals surface area contributed by atoms with Gasteiger partial charge in [0.2, 0.25) is 0 Å². The molecule has 1 N–H and O–H groups in total. The number of nitrogens with one attached hydrogen (secondary N) is 1. The summed E-state index contributed by atoms with van der Waals surface area (Å²) in [5, 5.41) is 3.82. The van der Waals surface area contributed by atoms with Crippen LogP contribution in [-0.2, 0) is 19.3 Å². The van der Waals surface area contributed by atoms with Crippen LogP contribution in [0.25, 0.3) is 0 Å². The van der Waals surface area contributed by atoms with Crippen LogP contribution in [0.4, 0.5) is 0 Å². The Bertz CT molecular complexity index is 684. The van der Waals surface area contributed by atoms with Gasteiger partial charge in [0.25, 0.3) is 0 Å². The molecule has 0 radical (unpaired) electrons. The molecule has 1 heterocycles. The smallest absolute Gasteiger partial charge is 0.0581 e. The number of hydrogen-bond acceptors (Lipinski definition) is 1. The Labute approximate surface area is 133 Å². The molecule has 22 heavy (non-hydrogen) atoms. The summed E-state index contributed by atoms with van der Waals surface area (Å²) in [5.41, 5.74) is 9.02. The first-order valence-electron chi connectivity index (χ1n) is 8.68. The highest BCUT2D eigenvalue weighted by atomic mass is 15.0. The van der Waals surface area contributed by atoms with Gasteiger partial charge in [0, 0.05) is 6.04 Å². The second-order valence-electron chi connectivity index (χ2n) is 7.14. The summed E-state index contributed by atoms with van der Waals surface area (Å²) >= 11 is 0. The van der Waals surface area contributed by atoms with Crippen LogP contribution < -0.4 is 5.32 Å². The lowest BCUT2D eigenvalue weighted by Gasteiger charge is -2.34. The zero-order valence-corrected chi connectivity index (χ0v) is 13.7. The van der Waals surface area contributed by atoms with E-state index >= 15 is 0 Å². The van der Waals surface area contributed by atoms with E-state index in [4.69, 9.17) is 0 Å². The minimum absolute atomic E-state index is 0.353. The SMILES string of the molecule is Cc1ccc(C2NC(C)Cc3cc4c(cc32)CCCC4)cc1. The molecule has 2 aromatic carbocycles. The zero-order chi connectivity index (χ0) is 15.1. The van der Waals surface area contributed by atoms with Crippen LogP contribution in [0.2, 0.25) is 0 Å². The largest absolute Gasteiger partial charge is 0.303 e. The second-order valence-corrected chi connectivity index (χ2v) is 7.14. The third kappa shape index (κ3) is 2.48. The summed E-state index contributed by atoms with van der Waals surface area (Å²) in [6.45, 7) is 4.47. The molecule has 0 spiro atoms. The predicted molar refractivity (Wildman–Crippen MR) is 92.4 cm³/mol. The Morgan fingerprint density at radius 2 is 1.59 bits per heavy atom. The van der Waals surface area contributed by atoms with Gasteiger partial charge in [-0.1, -0.05) is 42.0 Å². The van der Waals surface area contributed by atoms with Crippen molar-refractivity contribution < 1.29 is 0 Å². The molecule has 2 atom stereocenters. The van der Waals surface area contributed by atoms with E-state index in [1.165, 1.54) is 42.4 Å². The van der Waals surface area contributed by atoms with Gasteiger partial charge in [0.1, 0.15) is 0 Å². The third-order valence-electron chi connectivity index (χ3n) is 5.30. The molecule has 114 valence electrons. The first-order valence-corrected chi connectivity index (χ1v) is 8.68. The number of hydrogen-bond donors (Lipinski definition) is 1. The number of fused-ring (bicyclic) bond motifs is 2. The molecule has 1 aliphatic carbocycles. The molecule has 1 heteroatoms. The maximum Gasteiger partial charge on any atom is 0.0581 e. The lowest BCUT2D eigenvalue weighted by Crippen LogP contribution is -2.38. The molecule has 4 rings (SSSR count). The van der Waals surface area contributed by atoms with Gasteiger partial charge >= 0.3 is 0 Å². The average molecular weight is 291 g/mol. The van der Waals surface area contributed by atoms with Crippen molar-refractivity contribution in [2.24, 2.45) is 0 Å². The Morgan fingerprint density at radius 1 is 0.909 bits per heavy atom. The fraction of sp³-hybridized carbons (Fsp3) is 0.429. The Balaban J connectivity index is 1.80. The fourth-order valence-corrected chi connectivity index (χ4v) is 4.10. The number of rotatable bonds is 1. The predicted octanol–water partition coefficient (Wildman–Crippen LogP) is 4.50. The Morgan fingerprint density at radius 3 is 2.32 bits per heavy atom. The van der Waals surface area contributed by atoms with Crippen LogP contribution in [0.1, 0.15) is 59.2 Å². The van der Waals surface area contributed by atoms with Crippen molar-refractivity contribution in [2.45, 2.75) is 58.0 Å². The van der Waals surface area contributed by atoms with Gasteiger partial charge in [0.05, 0.1) is 6.04 Å². The van der Waals surface area contributed by atoms with Gasteiger partial charge in [-0.05, 0) is 73.8 Å². The molecule has 2 aliphatic rings. The van der Waals surface area contributed by atoms with Crippen molar-refractivity contribution in [1.82, 2.24) is 5.32 Å². The maximum absolute atomic E-state index is 3.82. The van der Waals surface area contributed by atoms with Crippen LogP contribution in [0.3, 0.4) is 0 Å². The van der Waals surface area contributed by atoms with Crippen molar-refractivity contribution in [3.8, 4) is 0 Å². The molecule has 2 aromatic rings. The van der Waals surface area contributed by atoms with E-state index in [1.54, 1.807) is 16.7 Å². The minimum atomic E-state index is 0.353. The van der Waals surface area contributed by atoms with Gasteiger partial charge < -0.3 is 5.32 Å². The lowest BCUT2D eigenvalue weighted by molar-refractivity contribution is 0.462. The van der Waals surface area contributed by atoms with Gasteiger partial charge in [-0.3, -0.25) is 0 Å². The molecule has 0 bridgehead atoms. The highest BCUT2D eigenvalue weighted by Gasteiger charge is 2.26. The molecule has 0 fully saturated rings. The first-order chi connectivity index (χ1) is 10.7. The molecule has 0 saturated heterocycles. The van der Waals surface area contributed by atoms with Crippen LogP contribution in [0.15, 0.2) is 36.4 Å². The fourth-order valence-electron chi connectivity index (χ4n) is 4.10. The molecule has 0 aromatic heterocycles. The van der Waals surface area contributed by atoms with Crippen molar-refractivity contribution >= 4 is 0 Å². The summed E-state index contributed by atoms with van der Waals surface area (Å²) in [5.74, 6) is 0. The molecular formula is C21H25N. The van der Waals surface area contributed by atoms with E-state index in [9.17, 15) is 0 Å². The summed E-state index contributed by atoms with van der Waals surface area (Å²) in [6.07, 6.45) is 6.41. The van der Waals surface area contributed by atoms with Gasteiger partial charge in [-0.15, -0.1) is 0 Å². The third-order valence-corrected chi connectivity index (χ3v) is 5.30. The normalized spacial score (nSPS) is 23.7. The summed E-state index contributed by atoms with van der Waals surface area (Å²) in [4.78, 5) is 0. The van der Waals surface area contributed by atoms with Gasteiger partial charge in [0.15, 0.2) is 0 Å². The highest BCUT2D eigenvalue weighted by molar-refractivity contribution is 5.46. The molecule has 1 aliphatic heterocycles. The van der Waals surface area contributed by atoms with E-state index in [-0.39, 0.29) is 0 Å². The quantitative estimate of drug-likeness (QED) is 0.816. The monoisotopic (exact) mass is 291 g/mol. The van der Waals surface area contributed by atoms with Crippen molar-refractivity contribution in [3.63, 3.8) is 0 Å². The average Bonchev–Trinajstić information content (AvgIpc) is 2.53. The van der Waals surface area contributed by atoms with E-state index in [2.05, 4.69) is 55.6 Å². The number of aryl methyl sites for hydroxylation is 3. The lowest BCUT2D eigenvalue weighted by atomic mass is 9.81. The molecule has 0 saturated carbocycles. The van der Waals surface area contributed by atoms with E-state index in [0.29, 0.717) is 12.1 Å². The summed E-state index contributed by atoms with van der Waals surface area (Å²) < 4.78 is 0. The topological polar surface area (TPSA) is 12.0 Å². The second kappa shape index (κ2) is 5.55. The van der Waals surface area contributed by atoms with Crippen LogP contribution in [0.5, 0.6) is 0 Å². The minimum Gasteiger partial charge on any atom is -0.303 e. The van der Waals surface area contributed by atoms with Crippen LogP contribution >= 0.6 is 0 Å². The molecular weight excluding hydrogens is 266 g/mol.